The van der Waals surface area contributed by atoms with Crippen LogP contribution in [0.5, 0.6) is 0 Å². The summed E-state index contributed by atoms with van der Waals surface area (Å²) in [6.07, 6.45) is 0.470. The fourth-order valence-electron chi connectivity index (χ4n) is 3.07. The van der Waals surface area contributed by atoms with Crippen LogP contribution < -0.4 is 0 Å². The summed E-state index contributed by atoms with van der Waals surface area (Å²) in [6.45, 7) is 0.635. The Labute approximate surface area is 149 Å². The molecule has 0 spiro atoms. The van der Waals surface area contributed by atoms with E-state index in [1.54, 1.807) is 0 Å². The lowest BCUT2D eigenvalue weighted by molar-refractivity contribution is -0.130. The first-order valence-electron chi connectivity index (χ1n) is 8.62. The van der Waals surface area contributed by atoms with E-state index in [1.165, 1.54) is 11.1 Å². The number of hydrogen-bond acceptors (Lipinski definition) is 1. The molecule has 25 heavy (non-hydrogen) atoms. The van der Waals surface area contributed by atoms with Crippen molar-refractivity contribution in [2.75, 3.05) is 7.05 Å². The summed E-state index contributed by atoms with van der Waals surface area (Å²) >= 11 is 0. The number of rotatable bonds is 6. The highest BCUT2D eigenvalue weighted by atomic mass is 16.2. The summed E-state index contributed by atoms with van der Waals surface area (Å²) in [4.78, 5) is 14.6. The highest BCUT2D eigenvalue weighted by molar-refractivity contribution is 5.77. The van der Waals surface area contributed by atoms with Crippen molar-refractivity contribution in [1.29, 1.82) is 0 Å². The van der Waals surface area contributed by atoms with Gasteiger partial charge in [-0.3, -0.25) is 4.79 Å². The fourth-order valence-corrected chi connectivity index (χ4v) is 3.07. The molecular formula is C23H23NO. The van der Waals surface area contributed by atoms with E-state index in [4.69, 9.17) is 0 Å². The molecule has 3 rings (SSSR count). The van der Waals surface area contributed by atoms with E-state index in [0.717, 1.165) is 5.56 Å². The zero-order valence-electron chi connectivity index (χ0n) is 14.5. The minimum absolute atomic E-state index is 0.0770. The Bertz CT molecular complexity index is 745. The maximum atomic E-state index is 12.8. The molecule has 0 aliphatic heterocycles. The first-order valence-corrected chi connectivity index (χ1v) is 8.62. The second kappa shape index (κ2) is 8.29. The molecule has 0 aliphatic carbocycles. The molecule has 0 aliphatic rings. The minimum Gasteiger partial charge on any atom is -0.341 e. The van der Waals surface area contributed by atoms with Gasteiger partial charge in [-0.05, 0) is 16.7 Å². The third kappa shape index (κ3) is 4.57. The summed E-state index contributed by atoms with van der Waals surface area (Å²) in [5, 5.41) is 0. The van der Waals surface area contributed by atoms with E-state index in [2.05, 4.69) is 36.4 Å². The van der Waals surface area contributed by atoms with Crippen LogP contribution in [0.25, 0.3) is 0 Å². The monoisotopic (exact) mass is 329 g/mol. The number of carbonyl (C=O) groups excluding carboxylic acids is 1. The van der Waals surface area contributed by atoms with Crippen molar-refractivity contribution in [1.82, 2.24) is 4.90 Å². The van der Waals surface area contributed by atoms with Crippen molar-refractivity contribution in [3.05, 3.63) is 108 Å². The first-order chi connectivity index (χ1) is 12.2. The lowest BCUT2D eigenvalue weighted by Crippen LogP contribution is -2.27. The molecule has 1 amide bonds. The Balaban J connectivity index is 1.77. The molecule has 2 heteroatoms. The van der Waals surface area contributed by atoms with Crippen LogP contribution in [0, 0.1) is 0 Å². The molecule has 0 atom stereocenters. The van der Waals surface area contributed by atoms with Gasteiger partial charge in [0.1, 0.15) is 0 Å². The van der Waals surface area contributed by atoms with Gasteiger partial charge in [0, 0.05) is 25.9 Å². The SMILES string of the molecule is CN(Cc1ccccc1)C(=O)CC(c1ccccc1)c1ccccc1. The Morgan fingerprint density at radius 3 is 1.68 bits per heavy atom. The third-order valence-corrected chi connectivity index (χ3v) is 4.47. The standard InChI is InChI=1S/C23H23NO/c1-24(18-19-11-5-2-6-12-19)23(25)17-22(20-13-7-3-8-14-20)21-15-9-4-10-16-21/h2-16,22H,17-18H2,1H3. The number of amides is 1. The van der Waals surface area contributed by atoms with Gasteiger partial charge < -0.3 is 4.90 Å². The Kier molecular flexibility index (Phi) is 5.63. The van der Waals surface area contributed by atoms with Crippen LogP contribution >= 0.6 is 0 Å². The summed E-state index contributed by atoms with van der Waals surface area (Å²) in [7, 11) is 1.88. The van der Waals surface area contributed by atoms with Gasteiger partial charge in [0.15, 0.2) is 0 Å². The van der Waals surface area contributed by atoms with Gasteiger partial charge in [0.05, 0.1) is 0 Å². The van der Waals surface area contributed by atoms with Gasteiger partial charge >= 0.3 is 0 Å². The van der Waals surface area contributed by atoms with Crippen molar-refractivity contribution < 1.29 is 4.79 Å². The van der Waals surface area contributed by atoms with Crippen LogP contribution in [-0.4, -0.2) is 17.9 Å². The van der Waals surface area contributed by atoms with E-state index in [1.807, 2.05) is 66.5 Å². The van der Waals surface area contributed by atoms with Crippen molar-refractivity contribution in [3.63, 3.8) is 0 Å². The van der Waals surface area contributed by atoms with Gasteiger partial charge in [0.2, 0.25) is 5.91 Å². The average molecular weight is 329 g/mol. The number of benzene rings is 3. The molecule has 0 saturated carbocycles. The van der Waals surface area contributed by atoms with E-state index in [-0.39, 0.29) is 11.8 Å². The molecular weight excluding hydrogens is 306 g/mol. The van der Waals surface area contributed by atoms with E-state index >= 15 is 0 Å². The van der Waals surface area contributed by atoms with Crippen LogP contribution in [0.15, 0.2) is 91.0 Å². The molecule has 0 aromatic heterocycles. The molecule has 0 heterocycles. The molecule has 3 aromatic carbocycles. The normalized spacial score (nSPS) is 10.6. The zero-order chi connectivity index (χ0) is 17.5. The molecule has 3 aromatic rings. The highest BCUT2D eigenvalue weighted by Gasteiger charge is 2.20. The molecule has 0 unspecified atom stereocenters. The van der Waals surface area contributed by atoms with E-state index in [0.29, 0.717) is 13.0 Å². The molecule has 0 N–H and O–H groups in total. The fraction of sp³-hybridized carbons (Fsp3) is 0.174. The van der Waals surface area contributed by atoms with Gasteiger partial charge in [0.25, 0.3) is 0 Å². The van der Waals surface area contributed by atoms with Gasteiger partial charge in [-0.1, -0.05) is 91.0 Å². The van der Waals surface area contributed by atoms with E-state index < -0.39 is 0 Å². The van der Waals surface area contributed by atoms with Crippen LogP contribution in [0.2, 0.25) is 0 Å². The summed E-state index contributed by atoms with van der Waals surface area (Å²) in [5.41, 5.74) is 3.50. The van der Waals surface area contributed by atoms with Crippen LogP contribution in [0.3, 0.4) is 0 Å². The highest BCUT2D eigenvalue weighted by Crippen LogP contribution is 2.28. The van der Waals surface area contributed by atoms with Gasteiger partial charge in [-0.25, -0.2) is 0 Å². The summed E-state index contributed by atoms with van der Waals surface area (Å²) in [6, 6.07) is 30.6. The van der Waals surface area contributed by atoms with Crippen molar-refractivity contribution in [3.8, 4) is 0 Å². The number of nitrogens with zero attached hydrogens (tertiary/aromatic N) is 1. The Hall–Kier alpha value is -2.87. The summed E-state index contributed by atoms with van der Waals surface area (Å²) < 4.78 is 0. The molecule has 0 bridgehead atoms. The van der Waals surface area contributed by atoms with Gasteiger partial charge in [-0.15, -0.1) is 0 Å². The van der Waals surface area contributed by atoms with Crippen LogP contribution in [-0.2, 0) is 11.3 Å². The third-order valence-electron chi connectivity index (χ3n) is 4.47. The molecule has 0 fully saturated rings. The predicted octanol–water partition coefficient (Wildman–Crippen LogP) is 4.87. The van der Waals surface area contributed by atoms with Crippen molar-refractivity contribution >= 4 is 5.91 Å². The maximum absolute atomic E-state index is 12.8. The maximum Gasteiger partial charge on any atom is 0.223 e. The van der Waals surface area contributed by atoms with Crippen LogP contribution in [0.4, 0.5) is 0 Å². The van der Waals surface area contributed by atoms with Crippen molar-refractivity contribution in [2.45, 2.75) is 18.9 Å². The lowest BCUT2D eigenvalue weighted by Gasteiger charge is -2.22. The van der Waals surface area contributed by atoms with Crippen molar-refractivity contribution in [2.24, 2.45) is 0 Å². The van der Waals surface area contributed by atoms with Crippen LogP contribution in [0.1, 0.15) is 29.0 Å². The number of carbonyl (C=O) groups is 1. The lowest BCUT2D eigenvalue weighted by atomic mass is 9.88. The Morgan fingerprint density at radius 2 is 1.20 bits per heavy atom. The number of hydrogen-bond donors (Lipinski definition) is 0. The smallest absolute Gasteiger partial charge is 0.223 e. The Morgan fingerprint density at radius 1 is 0.760 bits per heavy atom. The molecule has 2 nitrogen and oxygen atoms in total. The largest absolute Gasteiger partial charge is 0.341 e. The molecule has 0 saturated heterocycles. The van der Waals surface area contributed by atoms with Gasteiger partial charge in [-0.2, -0.15) is 0 Å². The second-order valence-corrected chi connectivity index (χ2v) is 6.31. The minimum atomic E-state index is 0.0770. The zero-order valence-corrected chi connectivity index (χ0v) is 14.5. The molecule has 0 radical (unpaired) electrons. The quantitative estimate of drug-likeness (QED) is 0.632. The average Bonchev–Trinajstić information content (AvgIpc) is 2.68. The van der Waals surface area contributed by atoms with E-state index in [9.17, 15) is 4.79 Å². The predicted molar refractivity (Wildman–Crippen MR) is 102 cm³/mol. The second-order valence-electron chi connectivity index (χ2n) is 6.31. The summed E-state index contributed by atoms with van der Waals surface area (Å²) in [5.74, 6) is 0.231. The first kappa shape index (κ1) is 17.0. The molecule has 126 valence electrons. The topological polar surface area (TPSA) is 20.3 Å².